The minimum atomic E-state index is -4.34. The Kier molecular flexibility index (Phi) is 4.21. The molecule has 25 heavy (non-hydrogen) atoms. The summed E-state index contributed by atoms with van der Waals surface area (Å²) in [6.45, 7) is 0.382. The van der Waals surface area contributed by atoms with Gasteiger partial charge >= 0.3 is 6.18 Å². The molecule has 1 saturated carbocycles. The van der Waals surface area contributed by atoms with Crippen LogP contribution in [0.5, 0.6) is 0 Å². The highest BCUT2D eigenvalue weighted by Gasteiger charge is 2.42. The monoisotopic (exact) mass is 358 g/mol. The number of halogens is 3. The van der Waals surface area contributed by atoms with Crippen LogP contribution in [0.3, 0.4) is 0 Å². The van der Waals surface area contributed by atoms with Gasteiger partial charge in [-0.2, -0.15) is 18.2 Å². The van der Waals surface area contributed by atoms with E-state index in [1.54, 1.807) is 0 Å². The third-order valence-corrected chi connectivity index (χ3v) is 5.36. The second-order valence-electron chi connectivity index (χ2n) is 7.25. The number of carbonyl (C=O) groups is 1. The van der Waals surface area contributed by atoms with Crippen LogP contribution in [0.4, 0.5) is 13.2 Å². The summed E-state index contributed by atoms with van der Waals surface area (Å²) in [7, 11) is 0. The van der Waals surface area contributed by atoms with E-state index in [0.717, 1.165) is 42.3 Å². The Morgan fingerprint density at radius 3 is 2.40 bits per heavy atom. The van der Waals surface area contributed by atoms with Crippen molar-refractivity contribution in [3.63, 3.8) is 0 Å². The maximum atomic E-state index is 12.5. The molecule has 3 fully saturated rings. The number of rotatable bonds is 4. The van der Waals surface area contributed by atoms with Crippen LogP contribution in [0.2, 0.25) is 0 Å². The van der Waals surface area contributed by atoms with Crippen molar-refractivity contribution < 1.29 is 22.5 Å². The van der Waals surface area contributed by atoms with Crippen LogP contribution in [0, 0.1) is 0 Å². The van der Waals surface area contributed by atoms with Gasteiger partial charge in [-0.25, -0.2) is 0 Å². The summed E-state index contributed by atoms with van der Waals surface area (Å²) in [5.41, 5.74) is 0. The van der Waals surface area contributed by atoms with Crippen LogP contribution in [0.25, 0.3) is 0 Å². The highest BCUT2D eigenvalue weighted by Crippen LogP contribution is 2.40. The minimum absolute atomic E-state index is 0.179. The summed E-state index contributed by atoms with van der Waals surface area (Å²) in [6, 6.07) is -0.421. The predicted molar refractivity (Wildman–Crippen MR) is 80.9 cm³/mol. The molecule has 1 amide bonds. The molecule has 1 unspecified atom stereocenters. The van der Waals surface area contributed by atoms with Gasteiger partial charge in [-0.05, 0) is 45.2 Å². The van der Waals surface area contributed by atoms with Gasteiger partial charge in [0.25, 0.3) is 0 Å². The first-order valence-electron chi connectivity index (χ1n) is 8.84. The first-order chi connectivity index (χ1) is 11.9. The quantitative estimate of drug-likeness (QED) is 0.826. The normalized spacial score (nSPS) is 26.6. The number of hydrogen-bond donors (Lipinski definition) is 0. The van der Waals surface area contributed by atoms with E-state index in [1.165, 1.54) is 0 Å². The Hall–Kier alpha value is -1.64. The highest BCUT2D eigenvalue weighted by atomic mass is 19.4. The van der Waals surface area contributed by atoms with Crippen LogP contribution in [-0.2, 0) is 4.79 Å². The Labute approximate surface area is 143 Å². The summed E-state index contributed by atoms with van der Waals surface area (Å²) in [6.07, 6.45) is -0.0565. The van der Waals surface area contributed by atoms with E-state index in [9.17, 15) is 18.0 Å². The van der Waals surface area contributed by atoms with Gasteiger partial charge in [0.1, 0.15) is 6.54 Å². The third-order valence-electron chi connectivity index (χ3n) is 5.36. The first kappa shape index (κ1) is 16.8. The van der Waals surface area contributed by atoms with Crippen molar-refractivity contribution in [2.75, 3.05) is 26.2 Å². The zero-order valence-electron chi connectivity index (χ0n) is 13.8. The Bertz CT molecular complexity index is 636. The number of piperidine rings is 1. The summed E-state index contributed by atoms with van der Waals surface area (Å²) >= 11 is 0. The molecule has 0 N–H and O–H groups in total. The van der Waals surface area contributed by atoms with Crippen LogP contribution in [0.1, 0.15) is 55.7 Å². The molecular weight excluding hydrogens is 337 g/mol. The molecule has 1 aliphatic carbocycles. The molecule has 4 rings (SSSR count). The lowest BCUT2D eigenvalue weighted by Gasteiger charge is -2.34. The highest BCUT2D eigenvalue weighted by molar-refractivity contribution is 5.84. The number of carbonyl (C=O) groups excluding carboxylic acids is 1. The van der Waals surface area contributed by atoms with E-state index >= 15 is 0 Å². The molecule has 0 bridgehead atoms. The average Bonchev–Trinajstić information content (AvgIpc) is 3.20. The average molecular weight is 358 g/mol. The zero-order valence-corrected chi connectivity index (χ0v) is 13.8. The first-order valence-corrected chi connectivity index (χ1v) is 8.84. The second kappa shape index (κ2) is 6.26. The standard InChI is InChI=1S/C16H21F3N4O2/c17-16(18,19)9-23-8-5-12(15(23)24)22-6-3-10(4-7-22)13-20-14(25-21-13)11-1-2-11/h10-12H,1-9H2. The van der Waals surface area contributed by atoms with Gasteiger partial charge in [0.05, 0.1) is 6.04 Å². The largest absolute Gasteiger partial charge is 0.406 e. The Morgan fingerprint density at radius 1 is 1.04 bits per heavy atom. The molecule has 1 aromatic heterocycles. The predicted octanol–water partition coefficient (Wildman–Crippen LogP) is 2.29. The molecule has 2 aliphatic heterocycles. The van der Waals surface area contributed by atoms with Crippen LogP contribution >= 0.6 is 0 Å². The molecular formula is C16H21F3N4O2. The lowest BCUT2D eigenvalue weighted by Crippen LogP contribution is -2.46. The van der Waals surface area contributed by atoms with Crippen molar-refractivity contribution in [3.8, 4) is 0 Å². The van der Waals surface area contributed by atoms with Crippen molar-refractivity contribution in [3.05, 3.63) is 11.7 Å². The fourth-order valence-electron chi connectivity index (χ4n) is 3.81. The van der Waals surface area contributed by atoms with Crippen molar-refractivity contribution in [2.45, 2.75) is 56.2 Å². The van der Waals surface area contributed by atoms with Crippen molar-refractivity contribution in [1.29, 1.82) is 0 Å². The number of amides is 1. The summed E-state index contributed by atoms with van der Waals surface area (Å²) < 4.78 is 42.9. The summed E-state index contributed by atoms with van der Waals surface area (Å²) in [5.74, 6) is 1.70. The van der Waals surface area contributed by atoms with E-state index in [-0.39, 0.29) is 12.5 Å². The topological polar surface area (TPSA) is 62.5 Å². The number of nitrogens with zero attached hydrogens (tertiary/aromatic N) is 4. The molecule has 1 atom stereocenters. The molecule has 0 radical (unpaired) electrons. The van der Waals surface area contributed by atoms with E-state index in [1.807, 2.05) is 4.90 Å². The molecule has 3 aliphatic rings. The molecule has 2 saturated heterocycles. The number of aromatic nitrogens is 2. The van der Waals surface area contributed by atoms with Crippen LogP contribution < -0.4 is 0 Å². The van der Waals surface area contributed by atoms with Gasteiger partial charge in [-0.3, -0.25) is 9.69 Å². The lowest BCUT2D eigenvalue weighted by molar-refractivity contribution is -0.159. The SMILES string of the molecule is O=C1C(N2CCC(c3noc(C4CC4)n3)CC2)CCN1CC(F)(F)F. The van der Waals surface area contributed by atoms with Gasteiger partial charge < -0.3 is 9.42 Å². The van der Waals surface area contributed by atoms with Gasteiger partial charge in [0, 0.05) is 18.4 Å². The van der Waals surface area contributed by atoms with Crippen LogP contribution in [0.15, 0.2) is 4.52 Å². The Morgan fingerprint density at radius 2 is 1.76 bits per heavy atom. The van der Waals surface area contributed by atoms with Crippen molar-refractivity contribution in [1.82, 2.24) is 19.9 Å². The van der Waals surface area contributed by atoms with Crippen molar-refractivity contribution in [2.24, 2.45) is 0 Å². The van der Waals surface area contributed by atoms with E-state index in [2.05, 4.69) is 10.1 Å². The molecule has 0 spiro atoms. The fourth-order valence-corrected chi connectivity index (χ4v) is 3.81. The molecule has 1 aromatic rings. The van der Waals surface area contributed by atoms with E-state index in [0.29, 0.717) is 25.4 Å². The van der Waals surface area contributed by atoms with Gasteiger partial charge in [-0.1, -0.05) is 5.16 Å². The van der Waals surface area contributed by atoms with Gasteiger partial charge in [0.2, 0.25) is 11.8 Å². The van der Waals surface area contributed by atoms with Crippen molar-refractivity contribution >= 4 is 5.91 Å². The molecule has 0 aromatic carbocycles. The third kappa shape index (κ3) is 3.65. The lowest BCUT2D eigenvalue weighted by atomic mass is 9.95. The number of hydrogen-bond acceptors (Lipinski definition) is 5. The fraction of sp³-hybridized carbons (Fsp3) is 0.812. The smallest absolute Gasteiger partial charge is 0.339 e. The zero-order chi connectivity index (χ0) is 17.6. The molecule has 3 heterocycles. The number of alkyl halides is 3. The van der Waals surface area contributed by atoms with Gasteiger partial charge in [-0.15, -0.1) is 0 Å². The maximum Gasteiger partial charge on any atom is 0.406 e. The molecule has 138 valence electrons. The van der Waals surface area contributed by atoms with E-state index < -0.39 is 24.7 Å². The summed E-state index contributed by atoms with van der Waals surface area (Å²) in [5, 5.41) is 4.09. The minimum Gasteiger partial charge on any atom is -0.339 e. The number of likely N-dealkylation sites (tertiary alicyclic amines) is 2. The molecule has 9 heteroatoms. The molecule has 6 nitrogen and oxygen atoms in total. The maximum absolute atomic E-state index is 12.5. The van der Waals surface area contributed by atoms with Gasteiger partial charge in [0.15, 0.2) is 5.82 Å². The summed E-state index contributed by atoms with van der Waals surface area (Å²) in [4.78, 5) is 19.7. The second-order valence-corrected chi connectivity index (χ2v) is 7.25. The van der Waals surface area contributed by atoms with E-state index in [4.69, 9.17) is 4.52 Å². The van der Waals surface area contributed by atoms with Crippen LogP contribution in [-0.4, -0.2) is 64.2 Å². The Balaban J connectivity index is 1.31.